The summed E-state index contributed by atoms with van der Waals surface area (Å²) in [6, 6.07) is 12.9. The van der Waals surface area contributed by atoms with Crippen LogP contribution in [0.15, 0.2) is 48.5 Å². The van der Waals surface area contributed by atoms with E-state index in [9.17, 15) is 19.6 Å². The first-order valence-corrected chi connectivity index (χ1v) is 9.61. The molecule has 0 spiro atoms. The maximum absolute atomic E-state index is 11.8. The average molecular weight is 411 g/mol. The van der Waals surface area contributed by atoms with E-state index in [2.05, 4.69) is 4.52 Å². The lowest BCUT2D eigenvalue weighted by Gasteiger charge is -2.17. The first-order valence-electron chi connectivity index (χ1n) is 8.08. The third kappa shape index (κ3) is 4.57. The van der Waals surface area contributed by atoms with Crippen molar-refractivity contribution in [1.29, 1.82) is 0 Å². The Kier molecular flexibility index (Phi) is 5.82. The second-order valence-corrected chi connectivity index (χ2v) is 7.23. The zero-order chi connectivity index (χ0) is 20.5. The van der Waals surface area contributed by atoms with E-state index in [0.29, 0.717) is 5.75 Å². The Balaban J connectivity index is 1.87. The fourth-order valence-electron chi connectivity index (χ4n) is 2.77. The summed E-state index contributed by atoms with van der Waals surface area (Å²) in [4.78, 5) is 29.6. The van der Waals surface area contributed by atoms with Crippen molar-refractivity contribution >= 4 is 13.7 Å². The number of hydrogen-bond donors (Lipinski definition) is 5. The van der Waals surface area contributed by atoms with Gasteiger partial charge >= 0.3 is 7.82 Å². The number of carbonyl (C=O) groups excluding carboxylic acids is 1. The number of rotatable bonds is 6. The highest BCUT2D eigenvalue weighted by molar-refractivity contribution is 7.46. The van der Waals surface area contributed by atoms with Gasteiger partial charge in [-0.05, 0) is 29.8 Å². The van der Waals surface area contributed by atoms with Gasteiger partial charge in [-0.3, -0.25) is 9.32 Å². The molecular formula is C17H18NO9P. The lowest BCUT2D eigenvalue weighted by atomic mass is 10.00. The van der Waals surface area contributed by atoms with Gasteiger partial charge in [-0.2, -0.15) is 0 Å². The van der Waals surface area contributed by atoms with Crippen LogP contribution in [0.1, 0.15) is 22.0 Å². The van der Waals surface area contributed by atoms with Gasteiger partial charge in [0.2, 0.25) is 0 Å². The smallest absolute Gasteiger partial charge is 0.457 e. The van der Waals surface area contributed by atoms with Gasteiger partial charge in [-0.1, -0.05) is 24.3 Å². The molecule has 0 aliphatic carbocycles. The summed E-state index contributed by atoms with van der Waals surface area (Å²) in [7, 11) is -4.96. The van der Waals surface area contributed by atoms with E-state index in [0.717, 1.165) is 0 Å². The van der Waals surface area contributed by atoms with E-state index in [-0.39, 0.29) is 16.9 Å². The highest BCUT2D eigenvalue weighted by atomic mass is 31.2. The molecule has 0 saturated carbocycles. The quantitative estimate of drug-likeness (QED) is 0.432. The molecule has 4 atom stereocenters. The van der Waals surface area contributed by atoms with Crippen LogP contribution in [0.3, 0.4) is 0 Å². The first kappa shape index (κ1) is 20.4. The van der Waals surface area contributed by atoms with E-state index in [4.69, 9.17) is 25.0 Å². The number of benzene rings is 2. The molecule has 0 unspecified atom stereocenters. The molecule has 28 heavy (non-hydrogen) atoms. The van der Waals surface area contributed by atoms with Crippen LogP contribution in [0.25, 0.3) is 0 Å². The van der Waals surface area contributed by atoms with Crippen LogP contribution in [-0.2, 0) is 13.8 Å². The highest BCUT2D eigenvalue weighted by Gasteiger charge is 2.46. The van der Waals surface area contributed by atoms with Crippen molar-refractivity contribution in [1.82, 2.24) is 0 Å². The molecule has 1 fully saturated rings. The normalized spacial score (nSPS) is 24.9. The SMILES string of the molecule is NC(=O)c1cc([C@@H]2O[C@H](OP(=O)(O)O)[C@@H](O)[C@H]2O)ccc1Oc1ccccc1. The van der Waals surface area contributed by atoms with Gasteiger partial charge in [-0.15, -0.1) is 0 Å². The lowest BCUT2D eigenvalue weighted by Crippen LogP contribution is -2.31. The van der Waals surface area contributed by atoms with Gasteiger partial charge in [0.25, 0.3) is 5.91 Å². The molecule has 1 heterocycles. The number of ether oxygens (including phenoxy) is 2. The van der Waals surface area contributed by atoms with E-state index >= 15 is 0 Å². The minimum atomic E-state index is -4.96. The second-order valence-electron chi connectivity index (χ2n) is 6.04. The minimum absolute atomic E-state index is 0.00833. The molecule has 0 bridgehead atoms. The maximum atomic E-state index is 11.8. The molecule has 2 aromatic rings. The number of aliphatic hydroxyl groups is 2. The van der Waals surface area contributed by atoms with Crippen molar-refractivity contribution in [2.75, 3.05) is 0 Å². The summed E-state index contributed by atoms with van der Waals surface area (Å²) in [5.74, 6) is -0.164. The second kappa shape index (κ2) is 7.98. The van der Waals surface area contributed by atoms with Gasteiger partial charge in [0.1, 0.15) is 29.8 Å². The molecular weight excluding hydrogens is 393 g/mol. The largest absolute Gasteiger partial charge is 0.472 e. The van der Waals surface area contributed by atoms with Crippen LogP contribution >= 0.6 is 7.82 Å². The maximum Gasteiger partial charge on any atom is 0.472 e. The molecule has 10 nitrogen and oxygen atoms in total. The van der Waals surface area contributed by atoms with Crippen LogP contribution in [0.5, 0.6) is 11.5 Å². The topological polar surface area (TPSA) is 169 Å². The number of aliphatic hydroxyl groups excluding tert-OH is 2. The fraction of sp³-hybridized carbons (Fsp3) is 0.235. The summed E-state index contributed by atoms with van der Waals surface area (Å²) in [5, 5.41) is 20.1. The third-order valence-electron chi connectivity index (χ3n) is 4.03. The van der Waals surface area contributed by atoms with Crippen LogP contribution in [0.2, 0.25) is 0 Å². The minimum Gasteiger partial charge on any atom is -0.457 e. The van der Waals surface area contributed by atoms with Crippen molar-refractivity contribution in [3.8, 4) is 11.5 Å². The molecule has 0 radical (unpaired) electrons. The molecule has 1 aliphatic rings. The van der Waals surface area contributed by atoms with Crippen molar-refractivity contribution < 1.29 is 43.4 Å². The number of carbonyl (C=O) groups is 1. The molecule has 3 rings (SSSR count). The van der Waals surface area contributed by atoms with Crippen molar-refractivity contribution in [3.05, 3.63) is 59.7 Å². The summed E-state index contributed by atoms with van der Waals surface area (Å²) in [5.41, 5.74) is 5.63. The standard InChI is InChI=1S/C17H18NO9P/c18-16(21)11-8-9(6-7-12(11)25-10-4-2-1-3-5-10)15-13(19)14(20)17(26-15)27-28(22,23)24/h1-8,13-15,17,19-20H,(H2,18,21)(H2,22,23,24)/t13-,14+,15+,17-/m1/s1. The third-order valence-corrected chi connectivity index (χ3v) is 4.51. The number of nitrogens with two attached hydrogens (primary N) is 1. The molecule has 1 saturated heterocycles. The summed E-state index contributed by atoms with van der Waals surface area (Å²) >= 11 is 0. The van der Waals surface area contributed by atoms with Crippen LogP contribution in [0.4, 0.5) is 0 Å². The van der Waals surface area contributed by atoms with E-state index in [1.54, 1.807) is 30.3 Å². The van der Waals surface area contributed by atoms with E-state index in [1.807, 2.05) is 0 Å². The lowest BCUT2D eigenvalue weighted by molar-refractivity contribution is -0.120. The predicted octanol–water partition coefficient (Wildman–Crippen LogP) is 0.806. The number of phosphoric ester groups is 1. The van der Waals surface area contributed by atoms with Crippen LogP contribution in [-0.4, -0.2) is 44.4 Å². The Labute approximate surface area is 159 Å². The van der Waals surface area contributed by atoms with Crippen molar-refractivity contribution in [2.45, 2.75) is 24.6 Å². The molecule has 11 heteroatoms. The van der Waals surface area contributed by atoms with Gasteiger partial charge in [0, 0.05) is 0 Å². The molecule has 150 valence electrons. The number of phosphoric acid groups is 1. The van der Waals surface area contributed by atoms with Crippen LogP contribution in [0, 0.1) is 0 Å². The first-order chi connectivity index (χ1) is 13.2. The Hall–Kier alpha value is -2.30. The molecule has 1 amide bonds. The van der Waals surface area contributed by atoms with Gasteiger partial charge in [0.05, 0.1) is 5.56 Å². The number of amides is 1. The van der Waals surface area contributed by atoms with Gasteiger partial charge in [-0.25, -0.2) is 4.57 Å². The number of para-hydroxylation sites is 1. The van der Waals surface area contributed by atoms with Gasteiger partial charge < -0.3 is 35.2 Å². The zero-order valence-electron chi connectivity index (χ0n) is 14.3. The number of primary amides is 1. The summed E-state index contributed by atoms with van der Waals surface area (Å²) in [6.45, 7) is 0. The molecule has 6 N–H and O–H groups in total. The monoisotopic (exact) mass is 411 g/mol. The molecule has 2 aromatic carbocycles. The van der Waals surface area contributed by atoms with Gasteiger partial charge in [0.15, 0.2) is 6.29 Å². The zero-order valence-corrected chi connectivity index (χ0v) is 15.2. The Morgan fingerprint density at radius 1 is 1.07 bits per heavy atom. The highest BCUT2D eigenvalue weighted by Crippen LogP contribution is 2.44. The Morgan fingerprint density at radius 3 is 2.36 bits per heavy atom. The number of hydrogen-bond acceptors (Lipinski definition) is 7. The summed E-state index contributed by atoms with van der Waals surface area (Å²) < 4.78 is 26.2. The summed E-state index contributed by atoms with van der Waals surface area (Å²) in [6.07, 6.45) is -6.23. The van der Waals surface area contributed by atoms with E-state index < -0.39 is 38.3 Å². The van der Waals surface area contributed by atoms with Crippen molar-refractivity contribution in [3.63, 3.8) is 0 Å². The predicted molar refractivity (Wildman–Crippen MR) is 94.2 cm³/mol. The fourth-order valence-corrected chi connectivity index (χ4v) is 3.21. The molecule has 0 aromatic heterocycles. The van der Waals surface area contributed by atoms with Crippen LogP contribution < -0.4 is 10.5 Å². The Bertz CT molecular complexity index is 901. The molecule has 1 aliphatic heterocycles. The van der Waals surface area contributed by atoms with Crippen molar-refractivity contribution in [2.24, 2.45) is 5.73 Å². The Morgan fingerprint density at radius 2 is 1.75 bits per heavy atom. The average Bonchev–Trinajstić information content (AvgIpc) is 2.90. The van der Waals surface area contributed by atoms with E-state index in [1.165, 1.54) is 18.2 Å².